The number of hydrogen-bond donors (Lipinski definition) is 1. The summed E-state index contributed by atoms with van der Waals surface area (Å²) < 4.78 is 29.3. The molecule has 8 nitrogen and oxygen atoms in total. The molecule has 35 heavy (non-hydrogen) atoms. The van der Waals surface area contributed by atoms with Crippen LogP contribution in [0.3, 0.4) is 0 Å². The number of nitrogens with zero attached hydrogens (tertiary/aromatic N) is 3. The SMILES string of the molecule is CC(=O)N1CCc2cc(S(=O)(=O)NC(CC(C)C)C(=O)N3CCN(c4ccccc4)CC3)ccc21. The molecule has 0 spiro atoms. The molecule has 2 aromatic carbocycles. The van der Waals surface area contributed by atoms with E-state index in [4.69, 9.17) is 0 Å². The van der Waals surface area contributed by atoms with Crippen LogP contribution < -0.4 is 14.5 Å². The van der Waals surface area contributed by atoms with Gasteiger partial charge in [0.15, 0.2) is 0 Å². The lowest BCUT2D eigenvalue weighted by Crippen LogP contribution is -2.55. The Bertz CT molecular complexity index is 1180. The fourth-order valence-corrected chi connectivity index (χ4v) is 6.09. The number of carbonyl (C=O) groups excluding carboxylic acids is 2. The van der Waals surface area contributed by atoms with Crippen LogP contribution in [0.15, 0.2) is 53.4 Å². The highest BCUT2D eigenvalue weighted by Gasteiger charge is 2.32. The Balaban J connectivity index is 1.47. The monoisotopic (exact) mass is 498 g/mol. The molecule has 1 atom stereocenters. The van der Waals surface area contributed by atoms with Crippen molar-refractivity contribution >= 4 is 33.2 Å². The minimum atomic E-state index is -3.91. The Morgan fingerprint density at radius 3 is 2.29 bits per heavy atom. The number of carbonyl (C=O) groups is 2. The van der Waals surface area contributed by atoms with E-state index in [1.807, 2.05) is 32.0 Å². The summed E-state index contributed by atoms with van der Waals surface area (Å²) in [6.45, 7) is 8.51. The largest absolute Gasteiger partial charge is 0.368 e. The molecule has 0 aliphatic carbocycles. The van der Waals surface area contributed by atoms with Crippen molar-refractivity contribution in [3.05, 3.63) is 54.1 Å². The zero-order valence-corrected chi connectivity index (χ0v) is 21.4. The number of fused-ring (bicyclic) bond motifs is 1. The third-order valence-electron chi connectivity index (χ3n) is 6.65. The highest BCUT2D eigenvalue weighted by molar-refractivity contribution is 7.89. The van der Waals surface area contributed by atoms with Gasteiger partial charge in [-0.2, -0.15) is 4.72 Å². The smallest absolute Gasteiger partial charge is 0.241 e. The molecule has 0 aromatic heterocycles. The van der Waals surface area contributed by atoms with E-state index < -0.39 is 16.1 Å². The molecular weight excluding hydrogens is 464 g/mol. The van der Waals surface area contributed by atoms with Crippen LogP contribution in [-0.4, -0.2) is 63.9 Å². The van der Waals surface area contributed by atoms with Gasteiger partial charge in [-0.05, 0) is 54.7 Å². The van der Waals surface area contributed by atoms with Gasteiger partial charge < -0.3 is 14.7 Å². The number of sulfonamides is 1. The maximum atomic E-state index is 13.4. The Morgan fingerprint density at radius 2 is 1.66 bits per heavy atom. The van der Waals surface area contributed by atoms with Crippen LogP contribution in [0.2, 0.25) is 0 Å². The molecule has 2 amide bonds. The van der Waals surface area contributed by atoms with Gasteiger partial charge in [-0.15, -0.1) is 0 Å². The number of nitrogens with one attached hydrogen (secondary N) is 1. The highest BCUT2D eigenvalue weighted by atomic mass is 32.2. The number of hydrogen-bond acceptors (Lipinski definition) is 5. The standard InChI is InChI=1S/C26H34N4O4S/c1-19(2)17-24(26(32)29-15-13-28(14-16-29)22-7-5-4-6-8-22)27-35(33,34)23-9-10-25-21(18-23)11-12-30(25)20(3)31/h4-10,18-19,24,27H,11-17H2,1-3H3. The molecule has 188 valence electrons. The van der Waals surface area contributed by atoms with Crippen molar-refractivity contribution in [3.63, 3.8) is 0 Å². The van der Waals surface area contributed by atoms with Crippen molar-refractivity contribution in [3.8, 4) is 0 Å². The molecule has 0 saturated carbocycles. The molecule has 1 fully saturated rings. The number of amides is 2. The van der Waals surface area contributed by atoms with E-state index in [1.54, 1.807) is 21.9 Å². The van der Waals surface area contributed by atoms with Gasteiger partial charge in [0.2, 0.25) is 21.8 Å². The first-order chi connectivity index (χ1) is 16.7. The van der Waals surface area contributed by atoms with Gasteiger partial charge in [0.05, 0.1) is 4.90 Å². The lowest BCUT2D eigenvalue weighted by Gasteiger charge is -2.38. The Labute approximate surface area is 207 Å². The second-order valence-electron chi connectivity index (χ2n) is 9.66. The molecule has 2 aliphatic heterocycles. The lowest BCUT2D eigenvalue weighted by molar-refractivity contribution is -0.133. The summed E-state index contributed by atoms with van der Waals surface area (Å²) >= 11 is 0. The molecule has 4 rings (SSSR count). The van der Waals surface area contributed by atoms with Crippen molar-refractivity contribution in [1.29, 1.82) is 0 Å². The maximum absolute atomic E-state index is 13.4. The van der Waals surface area contributed by atoms with Crippen molar-refractivity contribution in [1.82, 2.24) is 9.62 Å². The molecule has 2 aliphatic rings. The number of rotatable bonds is 7. The van der Waals surface area contributed by atoms with Gasteiger partial charge in [0, 0.05) is 51.0 Å². The molecule has 2 aromatic rings. The quantitative estimate of drug-likeness (QED) is 0.634. The predicted molar refractivity (Wildman–Crippen MR) is 137 cm³/mol. The lowest BCUT2D eigenvalue weighted by atomic mass is 10.0. The fraction of sp³-hybridized carbons (Fsp3) is 0.462. The maximum Gasteiger partial charge on any atom is 0.241 e. The van der Waals surface area contributed by atoms with E-state index >= 15 is 0 Å². The van der Waals surface area contributed by atoms with Crippen LogP contribution in [0.4, 0.5) is 11.4 Å². The first-order valence-corrected chi connectivity index (χ1v) is 13.7. The summed E-state index contributed by atoms with van der Waals surface area (Å²) in [4.78, 5) is 31.0. The Hall–Kier alpha value is -2.91. The molecule has 9 heteroatoms. The van der Waals surface area contributed by atoms with Gasteiger partial charge in [0.25, 0.3) is 0 Å². The van der Waals surface area contributed by atoms with Crippen molar-refractivity contribution in [2.24, 2.45) is 5.92 Å². The topological polar surface area (TPSA) is 90.0 Å². The van der Waals surface area contributed by atoms with Crippen molar-refractivity contribution in [2.45, 2.75) is 44.6 Å². The molecule has 1 unspecified atom stereocenters. The third-order valence-corrected chi connectivity index (χ3v) is 8.12. The summed E-state index contributed by atoms with van der Waals surface area (Å²) in [6, 6.07) is 14.1. The van der Waals surface area contributed by atoms with Gasteiger partial charge >= 0.3 is 0 Å². The molecule has 1 N–H and O–H groups in total. The summed E-state index contributed by atoms with van der Waals surface area (Å²) in [5.74, 6) is -0.104. The number of benzene rings is 2. The molecule has 0 bridgehead atoms. The van der Waals surface area contributed by atoms with Crippen LogP contribution in [-0.2, 0) is 26.0 Å². The number of para-hydroxylation sites is 1. The Morgan fingerprint density at radius 1 is 0.971 bits per heavy atom. The normalized spacial score (nSPS) is 17.0. The predicted octanol–water partition coefficient (Wildman–Crippen LogP) is 2.64. The van der Waals surface area contributed by atoms with Crippen LogP contribution in [0.1, 0.15) is 32.8 Å². The average molecular weight is 499 g/mol. The zero-order valence-electron chi connectivity index (χ0n) is 20.6. The van der Waals surface area contributed by atoms with E-state index in [2.05, 4.69) is 21.8 Å². The van der Waals surface area contributed by atoms with Crippen LogP contribution in [0, 0.1) is 5.92 Å². The van der Waals surface area contributed by atoms with Crippen molar-refractivity contribution < 1.29 is 18.0 Å². The van der Waals surface area contributed by atoms with E-state index in [1.165, 1.54) is 13.0 Å². The van der Waals surface area contributed by atoms with E-state index in [0.717, 1.165) is 16.9 Å². The second-order valence-corrected chi connectivity index (χ2v) is 11.4. The fourth-order valence-electron chi connectivity index (χ4n) is 4.84. The van der Waals surface area contributed by atoms with Crippen LogP contribution >= 0.6 is 0 Å². The summed E-state index contributed by atoms with van der Waals surface area (Å²) in [5, 5.41) is 0. The van der Waals surface area contributed by atoms with Gasteiger partial charge in [-0.25, -0.2) is 8.42 Å². The molecular formula is C26H34N4O4S. The summed E-state index contributed by atoms with van der Waals surface area (Å²) in [6.07, 6.45) is 1.03. The van der Waals surface area contributed by atoms with E-state index in [-0.39, 0.29) is 22.6 Å². The minimum absolute atomic E-state index is 0.0626. The Kier molecular flexibility index (Phi) is 7.47. The van der Waals surface area contributed by atoms with Gasteiger partial charge in [-0.3, -0.25) is 9.59 Å². The number of anilines is 2. The van der Waals surface area contributed by atoms with Gasteiger partial charge in [-0.1, -0.05) is 32.0 Å². The minimum Gasteiger partial charge on any atom is -0.368 e. The first kappa shape index (κ1) is 25.2. The molecule has 1 saturated heterocycles. The van der Waals surface area contributed by atoms with Crippen LogP contribution in [0.5, 0.6) is 0 Å². The molecule has 2 heterocycles. The van der Waals surface area contributed by atoms with E-state index in [0.29, 0.717) is 45.6 Å². The first-order valence-electron chi connectivity index (χ1n) is 12.2. The van der Waals surface area contributed by atoms with Gasteiger partial charge in [0.1, 0.15) is 6.04 Å². The average Bonchev–Trinajstić information content (AvgIpc) is 3.27. The van der Waals surface area contributed by atoms with E-state index in [9.17, 15) is 18.0 Å². The molecule has 0 radical (unpaired) electrons. The zero-order chi connectivity index (χ0) is 25.2. The number of piperazine rings is 1. The highest BCUT2D eigenvalue weighted by Crippen LogP contribution is 2.30. The second kappa shape index (κ2) is 10.4. The van der Waals surface area contributed by atoms with Crippen LogP contribution in [0.25, 0.3) is 0 Å². The summed E-state index contributed by atoms with van der Waals surface area (Å²) in [7, 11) is -3.91. The summed E-state index contributed by atoms with van der Waals surface area (Å²) in [5.41, 5.74) is 2.70. The third kappa shape index (κ3) is 5.67. The van der Waals surface area contributed by atoms with Crippen molar-refractivity contribution in [2.75, 3.05) is 42.5 Å².